The molecule has 1 aliphatic rings. The molecule has 0 amide bonds. The predicted octanol–water partition coefficient (Wildman–Crippen LogP) is 3.25. The lowest BCUT2D eigenvalue weighted by Gasteiger charge is -2.35. The summed E-state index contributed by atoms with van der Waals surface area (Å²) in [4.78, 5) is 5.03. The second kappa shape index (κ2) is 7.73. The fourth-order valence-corrected chi connectivity index (χ4v) is 4.03. The Labute approximate surface area is 137 Å². The SMILES string of the molecule is CCN1CCCC1CN(C)C(c1cccc(Br)c1)C(C)N. The van der Waals surface area contributed by atoms with Crippen LogP contribution in [-0.4, -0.2) is 48.6 Å². The molecule has 4 heteroatoms. The van der Waals surface area contributed by atoms with Gasteiger partial charge in [0.05, 0.1) is 0 Å². The van der Waals surface area contributed by atoms with E-state index >= 15 is 0 Å². The average Bonchev–Trinajstić information content (AvgIpc) is 2.85. The van der Waals surface area contributed by atoms with Crippen LogP contribution in [-0.2, 0) is 0 Å². The van der Waals surface area contributed by atoms with Crippen LogP contribution in [0, 0.1) is 0 Å². The molecule has 0 aliphatic carbocycles. The average molecular weight is 354 g/mol. The summed E-state index contributed by atoms with van der Waals surface area (Å²) in [6.45, 7) is 7.85. The quantitative estimate of drug-likeness (QED) is 0.851. The molecule has 1 heterocycles. The summed E-state index contributed by atoms with van der Waals surface area (Å²) in [5.74, 6) is 0. The van der Waals surface area contributed by atoms with Gasteiger partial charge in [-0.2, -0.15) is 0 Å². The zero-order chi connectivity index (χ0) is 15.4. The van der Waals surface area contributed by atoms with Crippen molar-refractivity contribution in [2.24, 2.45) is 5.73 Å². The maximum atomic E-state index is 6.29. The Bertz CT molecular complexity index is 449. The summed E-state index contributed by atoms with van der Waals surface area (Å²) in [6.07, 6.45) is 2.63. The van der Waals surface area contributed by atoms with Crippen molar-refractivity contribution in [1.29, 1.82) is 0 Å². The van der Waals surface area contributed by atoms with E-state index in [1.807, 2.05) is 0 Å². The van der Waals surface area contributed by atoms with E-state index in [-0.39, 0.29) is 12.1 Å². The van der Waals surface area contributed by atoms with Crippen LogP contribution in [0.15, 0.2) is 28.7 Å². The Hall–Kier alpha value is -0.420. The van der Waals surface area contributed by atoms with Gasteiger partial charge in [0.1, 0.15) is 0 Å². The lowest BCUT2D eigenvalue weighted by Crippen LogP contribution is -2.44. The molecule has 1 saturated heterocycles. The molecule has 3 nitrogen and oxygen atoms in total. The molecular weight excluding hydrogens is 326 g/mol. The number of nitrogens with two attached hydrogens (primary N) is 1. The van der Waals surface area contributed by atoms with E-state index in [0.29, 0.717) is 6.04 Å². The largest absolute Gasteiger partial charge is 0.326 e. The standard InChI is InChI=1S/C17H28BrN3/c1-4-21-10-6-9-16(21)12-20(3)17(13(2)19)14-7-5-8-15(18)11-14/h5,7-8,11,13,16-17H,4,6,9-10,12,19H2,1-3H3. The van der Waals surface area contributed by atoms with Crippen LogP contribution >= 0.6 is 15.9 Å². The zero-order valence-electron chi connectivity index (χ0n) is 13.4. The number of halogens is 1. The topological polar surface area (TPSA) is 32.5 Å². The van der Waals surface area contributed by atoms with E-state index in [0.717, 1.165) is 17.6 Å². The third-order valence-corrected chi connectivity index (χ3v) is 5.06. The van der Waals surface area contributed by atoms with Gasteiger partial charge in [0, 0.05) is 29.1 Å². The van der Waals surface area contributed by atoms with Gasteiger partial charge in [-0.05, 0) is 57.6 Å². The van der Waals surface area contributed by atoms with Gasteiger partial charge in [-0.15, -0.1) is 0 Å². The molecule has 3 atom stereocenters. The van der Waals surface area contributed by atoms with E-state index in [9.17, 15) is 0 Å². The van der Waals surface area contributed by atoms with Crippen LogP contribution in [0.25, 0.3) is 0 Å². The molecule has 1 aromatic carbocycles. The molecule has 2 rings (SSSR count). The molecule has 1 aromatic rings. The first kappa shape index (κ1) is 16.9. The molecule has 21 heavy (non-hydrogen) atoms. The van der Waals surface area contributed by atoms with Gasteiger partial charge in [0.2, 0.25) is 0 Å². The molecule has 3 unspecified atom stereocenters. The smallest absolute Gasteiger partial charge is 0.0494 e. The van der Waals surface area contributed by atoms with Crippen molar-refractivity contribution in [2.45, 2.75) is 44.8 Å². The van der Waals surface area contributed by atoms with E-state index in [4.69, 9.17) is 5.73 Å². The monoisotopic (exact) mass is 353 g/mol. The maximum absolute atomic E-state index is 6.29. The zero-order valence-corrected chi connectivity index (χ0v) is 15.0. The third-order valence-electron chi connectivity index (χ3n) is 4.57. The fraction of sp³-hybridized carbons (Fsp3) is 0.647. The van der Waals surface area contributed by atoms with Crippen LogP contribution in [0.5, 0.6) is 0 Å². The molecule has 0 aromatic heterocycles. The second-order valence-corrected chi connectivity index (χ2v) is 7.14. The van der Waals surface area contributed by atoms with Crippen molar-refractivity contribution in [3.63, 3.8) is 0 Å². The molecule has 2 N–H and O–H groups in total. The minimum Gasteiger partial charge on any atom is -0.326 e. The molecular formula is C17H28BrN3. The van der Waals surface area contributed by atoms with Crippen LogP contribution in [0.2, 0.25) is 0 Å². The molecule has 118 valence electrons. The summed E-state index contributed by atoms with van der Waals surface area (Å²) < 4.78 is 1.12. The van der Waals surface area contributed by atoms with Gasteiger partial charge < -0.3 is 5.73 Å². The Balaban J connectivity index is 2.11. The van der Waals surface area contributed by atoms with Gasteiger partial charge in [-0.1, -0.05) is 35.0 Å². The number of likely N-dealkylation sites (N-methyl/N-ethyl adjacent to an activating group) is 2. The number of rotatable bonds is 6. The van der Waals surface area contributed by atoms with Crippen molar-refractivity contribution in [2.75, 3.05) is 26.7 Å². The molecule has 0 radical (unpaired) electrons. The third kappa shape index (κ3) is 4.28. The first-order valence-corrected chi connectivity index (χ1v) is 8.77. The van der Waals surface area contributed by atoms with E-state index in [1.54, 1.807) is 0 Å². The Kier molecular flexibility index (Phi) is 6.23. The van der Waals surface area contributed by atoms with Crippen LogP contribution < -0.4 is 5.73 Å². The van der Waals surface area contributed by atoms with Crippen molar-refractivity contribution < 1.29 is 0 Å². The first-order valence-electron chi connectivity index (χ1n) is 7.98. The van der Waals surface area contributed by atoms with E-state index < -0.39 is 0 Å². The second-order valence-electron chi connectivity index (χ2n) is 6.22. The minimum absolute atomic E-state index is 0.112. The summed E-state index contributed by atoms with van der Waals surface area (Å²) in [5.41, 5.74) is 7.58. The Morgan fingerprint density at radius 2 is 2.24 bits per heavy atom. The summed E-state index contributed by atoms with van der Waals surface area (Å²) in [7, 11) is 2.21. The lowest BCUT2D eigenvalue weighted by molar-refractivity contribution is 0.151. The molecule has 0 saturated carbocycles. The molecule has 1 fully saturated rings. The molecule has 0 spiro atoms. The highest BCUT2D eigenvalue weighted by Crippen LogP contribution is 2.27. The Morgan fingerprint density at radius 1 is 1.48 bits per heavy atom. The lowest BCUT2D eigenvalue weighted by atomic mass is 9.99. The number of hydrogen-bond acceptors (Lipinski definition) is 3. The van der Waals surface area contributed by atoms with Crippen molar-refractivity contribution >= 4 is 15.9 Å². The number of nitrogens with zero attached hydrogens (tertiary/aromatic N) is 2. The Morgan fingerprint density at radius 3 is 2.86 bits per heavy atom. The van der Waals surface area contributed by atoms with Gasteiger partial charge in [-0.25, -0.2) is 0 Å². The van der Waals surface area contributed by atoms with Crippen molar-refractivity contribution in [3.8, 4) is 0 Å². The normalized spacial score (nSPS) is 22.7. The summed E-state index contributed by atoms with van der Waals surface area (Å²) in [6, 6.07) is 9.59. The number of benzene rings is 1. The van der Waals surface area contributed by atoms with Crippen LogP contribution in [0.1, 0.15) is 38.3 Å². The highest BCUT2D eigenvalue weighted by atomic mass is 79.9. The number of likely N-dealkylation sites (tertiary alicyclic amines) is 1. The maximum Gasteiger partial charge on any atom is 0.0494 e. The van der Waals surface area contributed by atoms with Crippen molar-refractivity contribution in [1.82, 2.24) is 9.80 Å². The van der Waals surface area contributed by atoms with Crippen LogP contribution in [0.4, 0.5) is 0 Å². The predicted molar refractivity (Wildman–Crippen MR) is 93.4 cm³/mol. The highest BCUT2D eigenvalue weighted by molar-refractivity contribution is 9.10. The van der Waals surface area contributed by atoms with Crippen molar-refractivity contribution in [3.05, 3.63) is 34.3 Å². The first-order chi connectivity index (χ1) is 10.0. The summed E-state index contributed by atoms with van der Waals surface area (Å²) in [5, 5.41) is 0. The van der Waals surface area contributed by atoms with Crippen LogP contribution in [0.3, 0.4) is 0 Å². The molecule has 0 bridgehead atoms. The number of hydrogen-bond donors (Lipinski definition) is 1. The van der Waals surface area contributed by atoms with Gasteiger partial charge in [0.25, 0.3) is 0 Å². The fourth-order valence-electron chi connectivity index (χ4n) is 3.61. The molecule has 1 aliphatic heterocycles. The summed E-state index contributed by atoms with van der Waals surface area (Å²) >= 11 is 3.57. The highest BCUT2D eigenvalue weighted by Gasteiger charge is 2.28. The van der Waals surface area contributed by atoms with E-state index in [2.05, 4.69) is 70.9 Å². The van der Waals surface area contributed by atoms with Gasteiger partial charge >= 0.3 is 0 Å². The van der Waals surface area contributed by atoms with Gasteiger partial charge in [-0.3, -0.25) is 9.80 Å². The van der Waals surface area contributed by atoms with Gasteiger partial charge in [0.15, 0.2) is 0 Å². The minimum atomic E-state index is 0.112. The van der Waals surface area contributed by atoms with E-state index in [1.165, 1.54) is 24.9 Å².